The Labute approximate surface area is 119 Å². The molecule has 2 aromatic carbocycles. The van der Waals surface area contributed by atoms with E-state index >= 15 is 0 Å². The molecule has 2 rings (SSSR count). The van der Waals surface area contributed by atoms with E-state index in [9.17, 15) is 4.79 Å². The minimum absolute atomic E-state index is 0.385. The fourth-order valence-corrected chi connectivity index (χ4v) is 1.67. The van der Waals surface area contributed by atoms with E-state index in [4.69, 9.17) is 9.47 Å². The second kappa shape index (κ2) is 5.78. The van der Waals surface area contributed by atoms with Gasteiger partial charge in [0.05, 0.1) is 0 Å². The van der Waals surface area contributed by atoms with Crippen LogP contribution in [0.5, 0.6) is 11.5 Å². The van der Waals surface area contributed by atoms with Crippen LogP contribution in [0.1, 0.15) is 31.1 Å². The van der Waals surface area contributed by atoms with Gasteiger partial charge in [0.2, 0.25) is 0 Å². The van der Waals surface area contributed by atoms with E-state index in [0.29, 0.717) is 17.1 Å². The summed E-state index contributed by atoms with van der Waals surface area (Å²) in [6.07, 6.45) is 0. The van der Waals surface area contributed by atoms with Crippen LogP contribution in [-0.4, -0.2) is 11.6 Å². The zero-order chi connectivity index (χ0) is 14.6. The standard InChI is InChI=1S/C17H18O3/c1-17(2,3)20-16(18)14-11-7-8-12-15(14)19-13-9-5-4-6-10-13/h4-12H,1-3H3. The van der Waals surface area contributed by atoms with Crippen LogP contribution in [0.4, 0.5) is 0 Å². The molecule has 0 saturated carbocycles. The minimum Gasteiger partial charge on any atom is -0.456 e. The molecule has 3 heteroatoms. The molecule has 0 amide bonds. The van der Waals surface area contributed by atoms with Crippen molar-refractivity contribution in [3.63, 3.8) is 0 Å². The third kappa shape index (κ3) is 3.85. The minimum atomic E-state index is -0.531. The second-order valence-electron chi connectivity index (χ2n) is 5.41. The summed E-state index contributed by atoms with van der Waals surface area (Å²) in [5.74, 6) is 0.792. The van der Waals surface area contributed by atoms with Crippen molar-refractivity contribution in [2.45, 2.75) is 26.4 Å². The summed E-state index contributed by atoms with van der Waals surface area (Å²) >= 11 is 0. The fraction of sp³-hybridized carbons (Fsp3) is 0.235. The van der Waals surface area contributed by atoms with Gasteiger partial charge in [0.25, 0.3) is 0 Å². The van der Waals surface area contributed by atoms with E-state index < -0.39 is 5.60 Å². The number of para-hydroxylation sites is 2. The predicted octanol–water partition coefficient (Wildman–Crippen LogP) is 4.43. The summed E-state index contributed by atoms with van der Waals surface area (Å²) in [6.45, 7) is 5.52. The summed E-state index contributed by atoms with van der Waals surface area (Å²) in [5, 5.41) is 0. The topological polar surface area (TPSA) is 35.5 Å². The zero-order valence-corrected chi connectivity index (χ0v) is 11.9. The van der Waals surface area contributed by atoms with Crippen LogP contribution in [-0.2, 0) is 4.74 Å². The van der Waals surface area contributed by atoms with Crippen LogP contribution in [0.3, 0.4) is 0 Å². The number of carbonyl (C=O) groups is 1. The van der Waals surface area contributed by atoms with Gasteiger partial charge in [-0.05, 0) is 45.0 Å². The highest BCUT2D eigenvalue weighted by atomic mass is 16.6. The van der Waals surface area contributed by atoms with Gasteiger partial charge in [-0.2, -0.15) is 0 Å². The quantitative estimate of drug-likeness (QED) is 0.774. The van der Waals surface area contributed by atoms with Crippen LogP contribution >= 0.6 is 0 Å². The van der Waals surface area contributed by atoms with E-state index in [1.807, 2.05) is 57.2 Å². The smallest absolute Gasteiger partial charge is 0.342 e. The van der Waals surface area contributed by atoms with Crippen molar-refractivity contribution in [2.24, 2.45) is 0 Å². The number of benzene rings is 2. The van der Waals surface area contributed by atoms with Crippen LogP contribution < -0.4 is 4.74 Å². The monoisotopic (exact) mass is 270 g/mol. The maximum Gasteiger partial charge on any atom is 0.342 e. The van der Waals surface area contributed by atoms with E-state index in [1.54, 1.807) is 18.2 Å². The number of hydrogen-bond acceptors (Lipinski definition) is 3. The number of esters is 1. The molecule has 20 heavy (non-hydrogen) atoms. The number of hydrogen-bond donors (Lipinski definition) is 0. The molecule has 0 spiro atoms. The summed E-state index contributed by atoms with van der Waals surface area (Å²) in [5.41, 5.74) is -0.108. The van der Waals surface area contributed by atoms with Gasteiger partial charge in [-0.1, -0.05) is 30.3 Å². The molecule has 0 aliphatic heterocycles. The summed E-state index contributed by atoms with van der Waals surface area (Å²) in [7, 11) is 0. The molecule has 0 unspecified atom stereocenters. The van der Waals surface area contributed by atoms with E-state index in [-0.39, 0.29) is 5.97 Å². The van der Waals surface area contributed by atoms with Crippen molar-refractivity contribution in [3.8, 4) is 11.5 Å². The molecule has 0 aliphatic rings. The first-order chi connectivity index (χ1) is 9.46. The lowest BCUT2D eigenvalue weighted by molar-refractivity contribution is 0.00672. The first-order valence-electron chi connectivity index (χ1n) is 6.51. The molecule has 0 heterocycles. The maximum atomic E-state index is 12.2. The first-order valence-corrected chi connectivity index (χ1v) is 6.51. The average molecular weight is 270 g/mol. The molecule has 0 saturated heterocycles. The molecule has 0 aliphatic carbocycles. The van der Waals surface area contributed by atoms with Gasteiger partial charge in [-0.3, -0.25) is 0 Å². The normalized spacial score (nSPS) is 10.9. The maximum absolute atomic E-state index is 12.2. The number of carbonyl (C=O) groups excluding carboxylic acids is 1. The molecule has 0 bridgehead atoms. The molecule has 0 radical (unpaired) electrons. The molecule has 0 atom stereocenters. The van der Waals surface area contributed by atoms with Crippen LogP contribution in [0.15, 0.2) is 54.6 Å². The van der Waals surface area contributed by atoms with Crippen molar-refractivity contribution in [1.82, 2.24) is 0 Å². The van der Waals surface area contributed by atoms with Crippen LogP contribution in [0, 0.1) is 0 Å². The Morgan fingerprint density at radius 1 is 0.900 bits per heavy atom. The number of ether oxygens (including phenoxy) is 2. The van der Waals surface area contributed by atoms with Crippen molar-refractivity contribution >= 4 is 5.97 Å². The zero-order valence-electron chi connectivity index (χ0n) is 11.9. The highest BCUT2D eigenvalue weighted by Crippen LogP contribution is 2.26. The van der Waals surface area contributed by atoms with Gasteiger partial charge in [-0.15, -0.1) is 0 Å². The Morgan fingerprint density at radius 2 is 1.50 bits per heavy atom. The Bertz CT molecular complexity index is 583. The van der Waals surface area contributed by atoms with E-state index in [1.165, 1.54) is 0 Å². The molecular weight excluding hydrogens is 252 g/mol. The van der Waals surface area contributed by atoms with Gasteiger partial charge in [0, 0.05) is 0 Å². The Hall–Kier alpha value is -2.29. The van der Waals surface area contributed by atoms with Crippen molar-refractivity contribution < 1.29 is 14.3 Å². The molecule has 0 fully saturated rings. The van der Waals surface area contributed by atoms with E-state index in [2.05, 4.69) is 0 Å². The first kappa shape index (κ1) is 14.1. The van der Waals surface area contributed by atoms with Crippen LogP contribution in [0.2, 0.25) is 0 Å². The highest BCUT2D eigenvalue weighted by Gasteiger charge is 2.20. The van der Waals surface area contributed by atoms with E-state index in [0.717, 1.165) is 0 Å². The van der Waals surface area contributed by atoms with Crippen molar-refractivity contribution in [3.05, 3.63) is 60.2 Å². The molecule has 2 aromatic rings. The summed E-state index contributed by atoms with van der Waals surface area (Å²) in [4.78, 5) is 12.2. The van der Waals surface area contributed by atoms with Gasteiger partial charge in [0.1, 0.15) is 22.7 Å². The summed E-state index contributed by atoms with van der Waals surface area (Å²) in [6, 6.07) is 16.4. The Kier molecular flexibility index (Phi) is 4.08. The van der Waals surface area contributed by atoms with Crippen molar-refractivity contribution in [2.75, 3.05) is 0 Å². The number of rotatable bonds is 3. The molecular formula is C17H18O3. The largest absolute Gasteiger partial charge is 0.456 e. The van der Waals surface area contributed by atoms with Gasteiger partial charge < -0.3 is 9.47 Å². The predicted molar refractivity (Wildman–Crippen MR) is 78.1 cm³/mol. The van der Waals surface area contributed by atoms with Crippen molar-refractivity contribution in [1.29, 1.82) is 0 Å². The lowest BCUT2D eigenvalue weighted by Crippen LogP contribution is -2.24. The van der Waals surface area contributed by atoms with Gasteiger partial charge >= 0.3 is 5.97 Å². The third-order valence-electron chi connectivity index (χ3n) is 2.48. The second-order valence-corrected chi connectivity index (χ2v) is 5.41. The van der Waals surface area contributed by atoms with Gasteiger partial charge in [-0.25, -0.2) is 4.79 Å². The molecule has 0 N–H and O–H groups in total. The highest BCUT2D eigenvalue weighted by molar-refractivity contribution is 5.92. The SMILES string of the molecule is CC(C)(C)OC(=O)c1ccccc1Oc1ccccc1. The third-order valence-corrected chi connectivity index (χ3v) is 2.48. The average Bonchev–Trinajstić information content (AvgIpc) is 2.38. The molecule has 104 valence electrons. The fourth-order valence-electron chi connectivity index (χ4n) is 1.67. The molecule has 3 nitrogen and oxygen atoms in total. The Balaban J connectivity index is 2.25. The Morgan fingerprint density at radius 3 is 2.15 bits per heavy atom. The summed E-state index contributed by atoms with van der Waals surface area (Å²) < 4.78 is 11.1. The van der Waals surface area contributed by atoms with Crippen LogP contribution in [0.25, 0.3) is 0 Å². The van der Waals surface area contributed by atoms with Gasteiger partial charge in [0.15, 0.2) is 0 Å². The lowest BCUT2D eigenvalue weighted by atomic mass is 10.1. The lowest BCUT2D eigenvalue weighted by Gasteiger charge is -2.20. The molecule has 0 aromatic heterocycles.